The number of ether oxygens (including phenoxy) is 1. The van der Waals surface area contributed by atoms with E-state index < -0.39 is 23.6 Å². The highest BCUT2D eigenvalue weighted by Gasteiger charge is 2.35. The summed E-state index contributed by atoms with van der Waals surface area (Å²) in [4.78, 5) is 13.4. The first-order valence-corrected chi connectivity index (χ1v) is 11.1. The van der Waals surface area contributed by atoms with Gasteiger partial charge in [-0.2, -0.15) is 13.2 Å². The lowest BCUT2D eigenvalue weighted by Gasteiger charge is -2.15. The summed E-state index contributed by atoms with van der Waals surface area (Å²) >= 11 is 0. The number of halogens is 3. The summed E-state index contributed by atoms with van der Waals surface area (Å²) in [5.41, 5.74) is 0.559. The van der Waals surface area contributed by atoms with Crippen molar-refractivity contribution in [2.45, 2.75) is 26.4 Å². The fourth-order valence-corrected chi connectivity index (χ4v) is 4.07. The number of aryl methyl sites for hydroxylation is 2. The lowest BCUT2D eigenvalue weighted by molar-refractivity contribution is -0.138. The van der Waals surface area contributed by atoms with Crippen LogP contribution in [0.3, 0.4) is 0 Å². The van der Waals surface area contributed by atoms with Gasteiger partial charge in [0.05, 0.1) is 24.1 Å². The predicted molar refractivity (Wildman–Crippen MR) is 130 cm³/mol. The van der Waals surface area contributed by atoms with Gasteiger partial charge >= 0.3 is 12.1 Å². The first-order chi connectivity index (χ1) is 17.5. The standard InChI is InChI=1S/C26H22F3N3O5/c1-13-10-14(2)12-15(11-13)21-17(26(27,28)29)7-6-16-22(21)30-25(36)23(16)31-32-24-18(33)4-3-5-19(24)37-9-8-20(34)35/h3-7,10-12,30,33,36H,8-9H2,1-2H3,(H,34,35). The minimum absolute atomic E-state index is 0.0153. The molecule has 0 radical (unpaired) electrons. The Kier molecular flexibility index (Phi) is 6.80. The van der Waals surface area contributed by atoms with E-state index in [0.29, 0.717) is 5.56 Å². The second-order valence-electron chi connectivity index (χ2n) is 8.42. The molecule has 37 heavy (non-hydrogen) atoms. The van der Waals surface area contributed by atoms with Crippen LogP contribution in [-0.4, -0.2) is 32.9 Å². The number of benzene rings is 3. The third-order valence-electron chi connectivity index (χ3n) is 5.55. The van der Waals surface area contributed by atoms with Crippen LogP contribution in [0.25, 0.3) is 22.0 Å². The van der Waals surface area contributed by atoms with Crippen LogP contribution in [0.1, 0.15) is 23.1 Å². The molecule has 0 atom stereocenters. The molecule has 0 bridgehead atoms. The fraction of sp³-hybridized carbons (Fsp3) is 0.192. The number of hydrogen-bond acceptors (Lipinski definition) is 6. The summed E-state index contributed by atoms with van der Waals surface area (Å²) in [5.74, 6) is -1.89. The van der Waals surface area contributed by atoms with Gasteiger partial charge in [-0.15, -0.1) is 10.2 Å². The van der Waals surface area contributed by atoms with Gasteiger partial charge in [0.25, 0.3) is 0 Å². The molecule has 4 N–H and O–H groups in total. The Morgan fingerprint density at radius 3 is 2.32 bits per heavy atom. The number of rotatable bonds is 7. The largest absolute Gasteiger partial charge is 0.505 e. The number of carbonyl (C=O) groups is 1. The third kappa shape index (κ3) is 5.35. The van der Waals surface area contributed by atoms with Gasteiger partial charge in [0.15, 0.2) is 17.1 Å². The van der Waals surface area contributed by atoms with E-state index in [9.17, 15) is 28.2 Å². The number of phenols is 1. The van der Waals surface area contributed by atoms with Crippen LogP contribution in [0.4, 0.5) is 24.5 Å². The molecule has 0 aliphatic heterocycles. The number of carboxylic acid groups (broad SMARTS) is 1. The van der Waals surface area contributed by atoms with Crippen LogP contribution in [-0.2, 0) is 11.0 Å². The summed E-state index contributed by atoms with van der Waals surface area (Å²) in [6, 6.07) is 11.4. The fourth-order valence-electron chi connectivity index (χ4n) is 4.07. The van der Waals surface area contributed by atoms with Crippen molar-refractivity contribution in [1.29, 1.82) is 0 Å². The second-order valence-corrected chi connectivity index (χ2v) is 8.42. The number of nitrogens with one attached hydrogen (secondary N) is 1. The van der Waals surface area contributed by atoms with E-state index in [1.54, 1.807) is 26.0 Å². The van der Waals surface area contributed by atoms with Gasteiger partial charge in [0, 0.05) is 10.9 Å². The molecule has 192 valence electrons. The zero-order valence-electron chi connectivity index (χ0n) is 19.7. The Morgan fingerprint density at radius 2 is 1.68 bits per heavy atom. The quantitative estimate of drug-likeness (QED) is 0.195. The Morgan fingerprint density at radius 1 is 1.00 bits per heavy atom. The summed E-state index contributed by atoms with van der Waals surface area (Å²) in [5, 5.41) is 37.8. The maximum atomic E-state index is 14.0. The predicted octanol–water partition coefficient (Wildman–Crippen LogP) is 7.15. The van der Waals surface area contributed by atoms with Crippen molar-refractivity contribution in [3.63, 3.8) is 0 Å². The van der Waals surface area contributed by atoms with Crippen molar-refractivity contribution in [2.24, 2.45) is 10.2 Å². The average Bonchev–Trinajstić information content (AvgIpc) is 3.11. The molecule has 0 amide bonds. The SMILES string of the molecule is Cc1cc(C)cc(-c2c(C(F)(F)F)ccc3c(N=Nc4c(O)cccc4OCCC(=O)O)c(O)[nH]c23)c1. The number of aromatic nitrogens is 1. The molecule has 4 rings (SSSR count). The molecule has 0 unspecified atom stereocenters. The molecule has 3 aromatic carbocycles. The van der Waals surface area contributed by atoms with Crippen molar-refractivity contribution in [3.8, 4) is 28.5 Å². The molecule has 0 aliphatic carbocycles. The van der Waals surface area contributed by atoms with Crippen molar-refractivity contribution < 1.29 is 38.0 Å². The van der Waals surface area contributed by atoms with Crippen molar-refractivity contribution in [2.75, 3.05) is 6.61 Å². The highest BCUT2D eigenvalue weighted by atomic mass is 19.4. The molecule has 8 nitrogen and oxygen atoms in total. The number of fused-ring (bicyclic) bond motifs is 1. The van der Waals surface area contributed by atoms with E-state index in [-0.39, 0.29) is 52.4 Å². The van der Waals surface area contributed by atoms with Crippen LogP contribution in [0.15, 0.2) is 58.8 Å². The van der Waals surface area contributed by atoms with Crippen LogP contribution < -0.4 is 4.74 Å². The number of nitrogens with zero attached hydrogens (tertiary/aromatic N) is 2. The average molecular weight is 513 g/mol. The summed E-state index contributed by atoms with van der Waals surface area (Å²) in [7, 11) is 0. The molecule has 4 aromatic rings. The molecule has 0 fully saturated rings. The number of aromatic amines is 1. The van der Waals surface area contributed by atoms with Crippen molar-refractivity contribution in [3.05, 3.63) is 65.2 Å². The minimum Gasteiger partial charge on any atom is -0.505 e. The molecular weight excluding hydrogens is 491 g/mol. The van der Waals surface area contributed by atoms with Crippen LogP contribution in [0.2, 0.25) is 0 Å². The first-order valence-electron chi connectivity index (χ1n) is 11.1. The monoisotopic (exact) mass is 513 g/mol. The Bertz CT molecular complexity index is 1510. The number of phenolic OH excluding ortho intramolecular Hbond substituents is 1. The summed E-state index contributed by atoms with van der Waals surface area (Å²) < 4.78 is 47.3. The number of aliphatic carboxylic acids is 1. The molecule has 1 aromatic heterocycles. The lowest BCUT2D eigenvalue weighted by Crippen LogP contribution is -2.07. The smallest absolute Gasteiger partial charge is 0.417 e. The van der Waals surface area contributed by atoms with E-state index >= 15 is 0 Å². The van der Waals surface area contributed by atoms with E-state index in [0.717, 1.165) is 17.2 Å². The van der Waals surface area contributed by atoms with E-state index in [4.69, 9.17) is 9.84 Å². The number of H-pyrrole nitrogens is 1. The summed E-state index contributed by atoms with van der Waals surface area (Å²) in [6.45, 7) is 3.36. The van der Waals surface area contributed by atoms with Crippen LogP contribution in [0.5, 0.6) is 17.4 Å². The Hall–Kier alpha value is -4.54. The van der Waals surface area contributed by atoms with Gasteiger partial charge < -0.3 is 25.0 Å². The molecular formula is C26H22F3N3O5. The van der Waals surface area contributed by atoms with E-state index in [1.807, 2.05) is 6.07 Å². The Balaban J connectivity index is 1.85. The lowest BCUT2D eigenvalue weighted by atomic mass is 9.94. The zero-order chi connectivity index (χ0) is 26.9. The van der Waals surface area contributed by atoms with E-state index in [1.165, 1.54) is 24.3 Å². The molecule has 0 saturated heterocycles. The Labute approximate surface area is 208 Å². The maximum Gasteiger partial charge on any atom is 0.417 e. The third-order valence-corrected chi connectivity index (χ3v) is 5.55. The maximum absolute atomic E-state index is 14.0. The topological polar surface area (TPSA) is 128 Å². The number of hydrogen-bond donors (Lipinski definition) is 4. The van der Waals surface area contributed by atoms with Crippen LogP contribution >= 0.6 is 0 Å². The molecule has 1 heterocycles. The highest BCUT2D eigenvalue weighted by Crippen LogP contribution is 2.47. The van der Waals surface area contributed by atoms with Gasteiger partial charge in [-0.1, -0.05) is 35.4 Å². The molecule has 0 spiro atoms. The van der Waals surface area contributed by atoms with Gasteiger partial charge in [0.1, 0.15) is 5.75 Å². The number of azo groups is 1. The molecule has 0 aliphatic rings. The second kappa shape index (κ2) is 9.84. The number of aromatic hydroxyl groups is 2. The van der Waals surface area contributed by atoms with E-state index in [2.05, 4.69) is 15.2 Å². The number of carboxylic acids is 1. The van der Waals surface area contributed by atoms with Gasteiger partial charge in [-0.25, -0.2) is 0 Å². The molecule has 11 heteroatoms. The zero-order valence-corrected chi connectivity index (χ0v) is 19.7. The normalized spacial score (nSPS) is 11.9. The van der Waals surface area contributed by atoms with Crippen molar-refractivity contribution in [1.82, 2.24) is 4.98 Å². The first kappa shape index (κ1) is 25.5. The van der Waals surface area contributed by atoms with Crippen LogP contribution in [0, 0.1) is 13.8 Å². The molecule has 0 saturated carbocycles. The summed E-state index contributed by atoms with van der Waals surface area (Å²) in [6.07, 6.45) is -4.96. The minimum atomic E-state index is -4.67. The van der Waals surface area contributed by atoms with Gasteiger partial charge in [0.2, 0.25) is 5.88 Å². The highest BCUT2D eigenvalue weighted by molar-refractivity contribution is 6.04. The van der Waals surface area contributed by atoms with Crippen molar-refractivity contribution >= 4 is 28.2 Å². The number of alkyl halides is 3. The van der Waals surface area contributed by atoms with Gasteiger partial charge in [-0.05, 0) is 43.7 Å². The van der Waals surface area contributed by atoms with Gasteiger partial charge in [-0.3, -0.25) is 4.79 Å².